The Hall–Kier alpha value is -1.43. The normalized spacial score (nSPS) is 18.1. The smallest absolute Gasteiger partial charge is 0.306 e. The van der Waals surface area contributed by atoms with Gasteiger partial charge in [0.1, 0.15) is 15.8 Å². The second-order valence-corrected chi connectivity index (χ2v) is 7.06. The van der Waals surface area contributed by atoms with Gasteiger partial charge in [0.2, 0.25) is 10.0 Å². The molecule has 0 amide bonds. The summed E-state index contributed by atoms with van der Waals surface area (Å²) in [5.74, 6) is -1.37. The van der Waals surface area contributed by atoms with Crippen LogP contribution in [0.4, 0.5) is 0 Å². The van der Waals surface area contributed by atoms with E-state index in [4.69, 9.17) is 10.4 Å². The van der Waals surface area contributed by atoms with Crippen LogP contribution in [0.1, 0.15) is 17.7 Å². The minimum Gasteiger partial charge on any atom is -0.481 e. The second kappa shape index (κ2) is 5.28. The van der Waals surface area contributed by atoms with Crippen LogP contribution >= 0.6 is 11.3 Å². The number of aliphatic carboxylic acids is 1. The van der Waals surface area contributed by atoms with E-state index in [0.29, 0.717) is 12.8 Å². The molecule has 1 fully saturated rings. The first-order valence-electron chi connectivity index (χ1n) is 5.67. The number of carboxylic acid groups (broad SMARTS) is 1. The lowest BCUT2D eigenvalue weighted by molar-refractivity contribution is -0.142. The van der Waals surface area contributed by atoms with E-state index in [0.717, 1.165) is 11.3 Å². The summed E-state index contributed by atoms with van der Waals surface area (Å²) < 4.78 is 25.9. The van der Waals surface area contributed by atoms with Gasteiger partial charge >= 0.3 is 5.97 Å². The van der Waals surface area contributed by atoms with Crippen molar-refractivity contribution < 1.29 is 18.3 Å². The van der Waals surface area contributed by atoms with Crippen molar-refractivity contribution in [3.8, 4) is 6.07 Å². The number of rotatable bonds is 3. The molecule has 0 atom stereocenters. The number of nitriles is 1. The van der Waals surface area contributed by atoms with Crippen molar-refractivity contribution in [2.75, 3.05) is 13.1 Å². The molecule has 102 valence electrons. The number of hydrogen-bond donors (Lipinski definition) is 1. The quantitative estimate of drug-likeness (QED) is 0.901. The maximum absolute atomic E-state index is 12.3. The monoisotopic (exact) mass is 300 g/mol. The van der Waals surface area contributed by atoms with Crippen LogP contribution in [-0.2, 0) is 14.8 Å². The Balaban J connectivity index is 2.19. The number of carboxylic acids is 1. The van der Waals surface area contributed by atoms with Gasteiger partial charge in [-0.3, -0.25) is 4.79 Å². The lowest BCUT2D eigenvalue weighted by atomic mass is 9.99. The highest BCUT2D eigenvalue weighted by molar-refractivity contribution is 7.89. The summed E-state index contributed by atoms with van der Waals surface area (Å²) in [5, 5.41) is 19.3. The Morgan fingerprint density at radius 2 is 2.11 bits per heavy atom. The molecule has 0 saturated carbocycles. The third-order valence-electron chi connectivity index (χ3n) is 3.15. The van der Waals surface area contributed by atoms with E-state index < -0.39 is 21.9 Å². The van der Waals surface area contributed by atoms with Crippen molar-refractivity contribution in [1.82, 2.24) is 4.31 Å². The molecule has 1 N–H and O–H groups in total. The summed E-state index contributed by atoms with van der Waals surface area (Å²) in [6.45, 7) is 0.361. The van der Waals surface area contributed by atoms with E-state index in [9.17, 15) is 13.2 Å². The SMILES string of the molecule is N#Cc1sccc1S(=O)(=O)N1CCC(C(=O)O)CC1. The average molecular weight is 300 g/mol. The molecule has 0 unspecified atom stereocenters. The molecule has 1 aromatic heterocycles. The maximum Gasteiger partial charge on any atom is 0.306 e. The van der Waals surface area contributed by atoms with Gasteiger partial charge in [-0.25, -0.2) is 8.42 Å². The van der Waals surface area contributed by atoms with Gasteiger partial charge in [-0.05, 0) is 24.3 Å². The first-order chi connectivity index (χ1) is 8.96. The Labute approximate surface area is 114 Å². The molecule has 0 radical (unpaired) electrons. The van der Waals surface area contributed by atoms with Crippen LogP contribution in [0.25, 0.3) is 0 Å². The van der Waals surface area contributed by atoms with E-state index in [1.54, 1.807) is 5.38 Å². The van der Waals surface area contributed by atoms with Gasteiger partial charge in [0.05, 0.1) is 5.92 Å². The predicted octanol–water partition coefficient (Wildman–Crippen LogP) is 1.11. The Morgan fingerprint density at radius 1 is 1.47 bits per heavy atom. The van der Waals surface area contributed by atoms with Crippen LogP contribution < -0.4 is 0 Å². The van der Waals surface area contributed by atoms with Crippen LogP contribution in [0.5, 0.6) is 0 Å². The molecule has 1 aliphatic heterocycles. The predicted molar refractivity (Wildman–Crippen MR) is 68.2 cm³/mol. The minimum absolute atomic E-state index is 0.0220. The van der Waals surface area contributed by atoms with Crippen LogP contribution in [0.3, 0.4) is 0 Å². The summed E-state index contributed by atoms with van der Waals surface area (Å²) in [5.41, 5.74) is 0. The zero-order valence-corrected chi connectivity index (χ0v) is 11.6. The lowest BCUT2D eigenvalue weighted by Crippen LogP contribution is -2.40. The lowest BCUT2D eigenvalue weighted by Gasteiger charge is -2.29. The number of nitrogens with zero attached hydrogens (tertiary/aromatic N) is 2. The average Bonchev–Trinajstić information content (AvgIpc) is 2.87. The molecule has 0 bridgehead atoms. The molecular formula is C11H12N2O4S2. The summed E-state index contributed by atoms with van der Waals surface area (Å²) in [4.78, 5) is 11.0. The number of thiophene rings is 1. The fraction of sp³-hybridized carbons (Fsp3) is 0.455. The van der Waals surface area contributed by atoms with E-state index in [1.165, 1.54) is 10.4 Å². The van der Waals surface area contributed by atoms with Crippen molar-refractivity contribution in [1.29, 1.82) is 5.26 Å². The largest absolute Gasteiger partial charge is 0.481 e. The number of carbonyl (C=O) groups is 1. The van der Waals surface area contributed by atoms with Crippen molar-refractivity contribution in [3.63, 3.8) is 0 Å². The van der Waals surface area contributed by atoms with E-state index in [-0.39, 0.29) is 22.9 Å². The Morgan fingerprint density at radius 3 is 2.63 bits per heavy atom. The van der Waals surface area contributed by atoms with Crippen LogP contribution in [0.2, 0.25) is 0 Å². The highest BCUT2D eigenvalue weighted by atomic mass is 32.2. The topological polar surface area (TPSA) is 98.5 Å². The van der Waals surface area contributed by atoms with Crippen molar-refractivity contribution in [2.45, 2.75) is 17.7 Å². The van der Waals surface area contributed by atoms with Crippen molar-refractivity contribution >= 4 is 27.3 Å². The van der Waals surface area contributed by atoms with Crippen LogP contribution in [0.15, 0.2) is 16.3 Å². The van der Waals surface area contributed by atoms with Gasteiger partial charge in [-0.15, -0.1) is 11.3 Å². The molecule has 0 aromatic carbocycles. The van der Waals surface area contributed by atoms with E-state index in [2.05, 4.69) is 0 Å². The molecule has 2 rings (SSSR count). The van der Waals surface area contributed by atoms with Crippen LogP contribution in [0, 0.1) is 17.2 Å². The van der Waals surface area contributed by atoms with Gasteiger partial charge in [-0.2, -0.15) is 9.57 Å². The molecule has 19 heavy (non-hydrogen) atoms. The number of sulfonamides is 1. The minimum atomic E-state index is -3.68. The molecule has 6 nitrogen and oxygen atoms in total. The van der Waals surface area contributed by atoms with Gasteiger partial charge in [0.25, 0.3) is 0 Å². The van der Waals surface area contributed by atoms with Gasteiger partial charge in [-0.1, -0.05) is 0 Å². The summed E-state index contributed by atoms with van der Waals surface area (Å²) in [7, 11) is -3.68. The molecule has 0 aliphatic carbocycles. The van der Waals surface area contributed by atoms with E-state index in [1.807, 2.05) is 6.07 Å². The van der Waals surface area contributed by atoms with Crippen molar-refractivity contribution in [3.05, 3.63) is 16.3 Å². The fourth-order valence-electron chi connectivity index (χ4n) is 2.06. The van der Waals surface area contributed by atoms with Gasteiger partial charge < -0.3 is 5.11 Å². The molecule has 1 saturated heterocycles. The Bertz CT molecular complexity index is 621. The maximum atomic E-state index is 12.3. The zero-order valence-electron chi connectivity index (χ0n) is 9.94. The van der Waals surface area contributed by atoms with E-state index >= 15 is 0 Å². The molecular weight excluding hydrogens is 288 g/mol. The number of hydrogen-bond acceptors (Lipinski definition) is 5. The van der Waals surface area contributed by atoms with Crippen molar-refractivity contribution in [2.24, 2.45) is 5.92 Å². The van der Waals surface area contributed by atoms with Crippen LogP contribution in [-0.4, -0.2) is 36.9 Å². The molecule has 2 heterocycles. The molecule has 1 aliphatic rings. The first-order valence-corrected chi connectivity index (χ1v) is 7.99. The highest BCUT2D eigenvalue weighted by Gasteiger charge is 2.33. The third kappa shape index (κ3) is 2.63. The molecule has 1 aromatic rings. The fourth-order valence-corrected chi connectivity index (χ4v) is 4.68. The Kier molecular flexibility index (Phi) is 3.89. The van der Waals surface area contributed by atoms with Gasteiger partial charge in [0, 0.05) is 13.1 Å². The zero-order chi connectivity index (χ0) is 14.0. The summed E-state index contributed by atoms with van der Waals surface area (Å²) in [6, 6.07) is 3.28. The summed E-state index contributed by atoms with van der Waals surface area (Å²) >= 11 is 1.08. The second-order valence-electron chi connectivity index (χ2n) is 4.24. The summed E-state index contributed by atoms with van der Waals surface area (Å²) in [6.07, 6.45) is 0.612. The molecule has 8 heteroatoms. The standard InChI is InChI=1S/C11H12N2O4S2/c12-7-9-10(3-6-18-9)19(16,17)13-4-1-8(2-5-13)11(14)15/h3,6,8H,1-2,4-5H2,(H,14,15). The highest BCUT2D eigenvalue weighted by Crippen LogP contribution is 2.28. The number of piperidine rings is 1. The third-order valence-corrected chi connectivity index (χ3v) is 6.04. The van der Waals surface area contributed by atoms with Gasteiger partial charge in [0.15, 0.2) is 0 Å². The molecule has 0 spiro atoms. The first kappa shape index (κ1) is 14.0.